The first-order valence-corrected chi connectivity index (χ1v) is 6.59. The van der Waals surface area contributed by atoms with E-state index in [-0.39, 0.29) is 17.7 Å². The monoisotopic (exact) mass is 240 g/mol. The molecule has 2 aliphatic rings. The van der Waals surface area contributed by atoms with Gasteiger partial charge in [-0.2, -0.15) is 0 Å². The molecular weight excluding hydrogens is 216 g/mol. The molecule has 2 atom stereocenters. The van der Waals surface area contributed by atoms with Crippen molar-refractivity contribution >= 4 is 6.09 Å². The zero-order chi connectivity index (χ0) is 12.7. The van der Waals surface area contributed by atoms with E-state index in [4.69, 9.17) is 10.5 Å². The van der Waals surface area contributed by atoms with E-state index in [9.17, 15) is 4.79 Å². The highest BCUT2D eigenvalue weighted by molar-refractivity contribution is 5.69. The van der Waals surface area contributed by atoms with Gasteiger partial charge in [0.25, 0.3) is 0 Å². The highest BCUT2D eigenvalue weighted by atomic mass is 16.6. The van der Waals surface area contributed by atoms with E-state index in [0.29, 0.717) is 0 Å². The van der Waals surface area contributed by atoms with Crippen molar-refractivity contribution in [2.75, 3.05) is 6.54 Å². The molecule has 17 heavy (non-hydrogen) atoms. The van der Waals surface area contributed by atoms with Crippen LogP contribution in [0.3, 0.4) is 0 Å². The van der Waals surface area contributed by atoms with Crippen LogP contribution in [0.4, 0.5) is 4.79 Å². The molecule has 2 N–H and O–H groups in total. The lowest BCUT2D eigenvalue weighted by Crippen LogP contribution is -2.48. The van der Waals surface area contributed by atoms with Crippen LogP contribution in [0.2, 0.25) is 0 Å². The minimum Gasteiger partial charge on any atom is -0.444 e. The van der Waals surface area contributed by atoms with Crippen LogP contribution in [0.15, 0.2) is 0 Å². The molecule has 0 aromatic rings. The summed E-state index contributed by atoms with van der Waals surface area (Å²) in [6.45, 7) is 6.55. The van der Waals surface area contributed by atoms with Gasteiger partial charge in [0.1, 0.15) is 5.60 Å². The van der Waals surface area contributed by atoms with Crippen LogP contribution in [0.25, 0.3) is 0 Å². The van der Waals surface area contributed by atoms with Crippen molar-refractivity contribution in [3.63, 3.8) is 0 Å². The summed E-state index contributed by atoms with van der Waals surface area (Å²) in [5.74, 6) is 0. The number of amides is 1. The van der Waals surface area contributed by atoms with Gasteiger partial charge in [-0.05, 0) is 52.9 Å². The largest absolute Gasteiger partial charge is 0.444 e. The first kappa shape index (κ1) is 12.7. The molecule has 1 spiro atoms. The van der Waals surface area contributed by atoms with E-state index >= 15 is 0 Å². The minimum absolute atomic E-state index is 0.00174. The summed E-state index contributed by atoms with van der Waals surface area (Å²) in [7, 11) is 0. The first-order valence-electron chi connectivity index (χ1n) is 6.59. The molecule has 4 nitrogen and oxygen atoms in total. The Hall–Kier alpha value is -0.770. The van der Waals surface area contributed by atoms with Crippen molar-refractivity contribution < 1.29 is 9.53 Å². The fourth-order valence-electron chi connectivity index (χ4n) is 3.16. The predicted molar refractivity (Wildman–Crippen MR) is 66.7 cm³/mol. The molecule has 1 saturated carbocycles. The highest BCUT2D eigenvalue weighted by Crippen LogP contribution is 2.43. The summed E-state index contributed by atoms with van der Waals surface area (Å²) in [5.41, 5.74) is 5.59. The maximum atomic E-state index is 12.2. The Morgan fingerprint density at radius 1 is 1.41 bits per heavy atom. The van der Waals surface area contributed by atoms with Gasteiger partial charge in [0.05, 0.1) is 0 Å². The Kier molecular flexibility index (Phi) is 3.10. The van der Waals surface area contributed by atoms with Gasteiger partial charge in [-0.15, -0.1) is 0 Å². The number of likely N-dealkylation sites (tertiary alicyclic amines) is 1. The maximum absolute atomic E-state index is 12.2. The lowest BCUT2D eigenvalue weighted by atomic mass is 9.94. The summed E-state index contributed by atoms with van der Waals surface area (Å²) in [5, 5.41) is 0. The molecule has 1 aliphatic carbocycles. The zero-order valence-corrected chi connectivity index (χ0v) is 11.2. The number of hydrogen-bond donors (Lipinski definition) is 1. The van der Waals surface area contributed by atoms with Crippen LogP contribution in [0.1, 0.15) is 52.9 Å². The molecule has 0 aromatic carbocycles. The van der Waals surface area contributed by atoms with Gasteiger partial charge in [-0.3, -0.25) is 0 Å². The molecule has 4 heteroatoms. The third kappa shape index (κ3) is 2.57. The molecular formula is C13H24N2O2. The summed E-state index contributed by atoms with van der Waals surface area (Å²) in [4.78, 5) is 14.1. The average molecular weight is 240 g/mol. The third-order valence-corrected chi connectivity index (χ3v) is 3.83. The van der Waals surface area contributed by atoms with Gasteiger partial charge in [0, 0.05) is 18.1 Å². The number of carbonyl (C=O) groups is 1. The molecule has 2 rings (SSSR count). The molecule has 0 bridgehead atoms. The number of nitrogens with two attached hydrogens (primary N) is 1. The second-order valence-electron chi connectivity index (χ2n) is 6.46. The van der Waals surface area contributed by atoms with Crippen LogP contribution in [0.5, 0.6) is 0 Å². The number of ether oxygens (including phenoxy) is 1. The lowest BCUT2D eigenvalue weighted by Gasteiger charge is -2.36. The van der Waals surface area contributed by atoms with E-state index in [0.717, 1.165) is 38.6 Å². The second-order valence-corrected chi connectivity index (χ2v) is 6.46. The van der Waals surface area contributed by atoms with E-state index in [1.54, 1.807) is 0 Å². The quantitative estimate of drug-likeness (QED) is 0.706. The SMILES string of the molecule is CC(C)(C)OC(=O)N1CCC[C@@]12CC[C@@H](N)C2. The second kappa shape index (κ2) is 4.16. The van der Waals surface area contributed by atoms with Crippen molar-refractivity contribution in [2.24, 2.45) is 5.73 Å². The number of hydrogen-bond acceptors (Lipinski definition) is 3. The normalized spacial score (nSPS) is 33.4. The molecule has 2 fully saturated rings. The average Bonchev–Trinajstić information content (AvgIpc) is 2.72. The Balaban J connectivity index is 2.07. The van der Waals surface area contributed by atoms with Crippen molar-refractivity contribution in [1.29, 1.82) is 0 Å². The van der Waals surface area contributed by atoms with Crippen molar-refractivity contribution in [1.82, 2.24) is 4.90 Å². The Morgan fingerprint density at radius 3 is 2.65 bits per heavy atom. The van der Waals surface area contributed by atoms with E-state index in [2.05, 4.69) is 0 Å². The Labute approximate surface area is 103 Å². The minimum atomic E-state index is -0.415. The van der Waals surface area contributed by atoms with Gasteiger partial charge in [0.15, 0.2) is 0 Å². The van der Waals surface area contributed by atoms with Crippen LogP contribution in [0, 0.1) is 0 Å². The predicted octanol–water partition coefficient (Wildman–Crippen LogP) is 2.27. The molecule has 0 radical (unpaired) electrons. The molecule has 0 unspecified atom stereocenters. The molecule has 98 valence electrons. The smallest absolute Gasteiger partial charge is 0.410 e. The van der Waals surface area contributed by atoms with E-state index in [1.807, 2.05) is 25.7 Å². The van der Waals surface area contributed by atoms with Gasteiger partial charge in [-0.1, -0.05) is 0 Å². The molecule has 1 aliphatic heterocycles. The summed E-state index contributed by atoms with van der Waals surface area (Å²) >= 11 is 0. The Morgan fingerprint density at radius 2 is 2.12 bits per heavy atom. The summed E-state index contributed by atoms with van der Waals surface area (Å²) in [6.07, 6.45) is 4.99. The number of carbonyl (C=O) groups excluding carboxylic acids is 1. The molecule has 0 aromatic heterocycles. The van der Waals surface area contributed by atoms with Gasteiger partial charge in [0.2, 0.25) is 0 Å². The summed E-state index contributed by atoms with van der Waals surface area (Å²) < 4.78 is 5.49. The lowest BCUT2D eigenvalue weighted by molar-refractivity contribution is 0.00864. The van der Waals surface area contributed by atoms with Crippen LogP contribution in [-0.2, 0) is 4.74 Å². The fourth-order valence-corrected chi connectivity index (χ4v) is 3.16. The topological polar surface area (TPSA) is 55.6 Å². The highest BCUT2D eigenvalue weighted by Gasteiger charge is 2.48. The van der Waals surface area contributed by atoms with Gasteiger partial charge < -0.3 is 15.4 Å². The maximum Gasteiger partial charge on any atom is 0.410 e. The third-order valence-electron chi connectivity index (χ3n) is 3.83. The first-order chi connectivity index (χ1) is 7.82. The summed E-state index contributed by atoms with van der Waals surface area (Å²) in [6, 6.07) is 0.248. The molecule has 1 heterocycles. The zero-order valence-electron chi connectivity index (χ0n) is 11.2. The van der Waals surface area contributed by atoms with Gasteiger partial charge >= 0.3 is 6.09 Å². The number of nitrogens with zero attached hydrogens (tertiary/aromatic N) is 1. The molecule has 1 amide bonds. The van der Waals surface area contributed by atoms with Crippen molar-refractivity contribution in [2.45, 2.75) is 70.1 Å². The van der Waals surface area contributed by atoms with Gasteiger partial charge in [-0.25, -0.2) is 4.79 Å². The standard InChI is InChI=1S/C13H24N2O2/c1-12(2,3)17-11(16)15-8-4-6-13(15)7-5-10(14)9-13/h10H,4-9,14H2,1-3H3/t10-,13+/m1/s1. The number of rotatable bonds is 0. The van der Waals surface area contributed by atoms with E-state index < -0.39 is 5.60 Å². The molecule has 1 saturated heterocycles. The van der Waals surface area contributed by atoms with Crippen molar-refractivity contribution in [3.8, 4) is 0 Å². The van der Waals surface area contributed by atoms with Crippen LogP contribution in [-0.4, -0.2) is 34.7 Å². The van der Waals surface area contributed by atoms with Crippen molar-refractivity contribution in [3.05, 3.63) is 0 Å². The fraction of sp³-hybridized carbons (Fsp3) is 0.923. The van der Waals surface area contributed by atoms with E-state index in [1.165, 1.54) is 0 Å². The van der Waals surface area contributed by atoms with Crippen LogP contribution >= 0.6 is 0 Å². The van der Waals surface area contributed by atoms with Crippen LogP contribution < -0.4 is 5.73 Å². The Bertz CT molecular complexity index is 311.